The molecule has 0 N–H and O–H groups in total. The van der Waals surface area contributed by atoms with Gasteiger partial charge < -0.3 is 0 Å². The molecule has 5 heteroatoms. The molecule has 1 heterocycles. The third-order valence-corrected chi connectivity index (χ3v) is 4.02. The average Bonchev–Trinajstić information content (AvgIpc) is 2.67. The highest BCUT2D eigenvalue weighted by Crippen LogP contribution is 2.32. The molecule has 0 aliphatic heterocycles. The first-order chi connectivity index (χ1) is 8.84. The fourth-order valence-electron chi connectivity index (χ4n) is 1.90. The Kier molecular flexibility index (Phi) is 4.29. The number of halogens is 3. The number of aromatic nitrogens is 2. The van der Waals surface area contributed by atoms with Crippen LogP contribution in [-0.2, 0) is 11.3 Å². The number of hydrogen-bond donors (Lipinski definition) is 0. The van der Waals surface area contributed by atoms with Gasteiger partial charge in [0.2, 0.25) is 0 Å². The Hall–Kier alpha value is -0.510. The van der Waals surface area contributed by atoms with E-state index in [2.05, 4.69) is 41.8 Å². The van der Waals surface area contributed by atoms with Crippen molar-refractivity contribution in [3.05, 3.63) is 45.1 Å². The Bertz CT molecular complexity index is 583. The summed E-state index contributed by atoms with van der Waals surface area (Å²) in [7, 11) is 0. The monoisotopic (exact) mass is 360 g/mol. The minimum atomic E-state index is -0.0888. The molecule has 2 nitrogen and oxygen atoms in total. The van der Waals surface area contributed by atoms with Crippen molar-refractivity contribution < 1.29 is 0 Å². The van der Waals surface area contributed by atoms with Crippen molar-refractivity contribution in [2.24, 2.45) is 0 Å². The van der Waals surface area contributed by atoms with E-state index < -0.39 is 0 Å². The molecule has 0 saturated heterocycles. The lowest BCUT2D eigenvalue weighted by Crippen LogP contribution is -2.14. The van der Waals surface area contributed by atoms with Crippen LogP contribution in [0.1, 0.15) is 32.0 Å². The highest BCUT2D eigenvalue weighted by atomic mass is 79.9. The Labute approximate surface area is 131 Å². The molecule has 2 aromatic rings. The molecule has 0 unspecified atom stereocenters. The molecular formula is C14H15BrCl2N2. The maximum absolute atomic E-state index is 6.41. The van der Waals surface area contributed by atoms with Crippen LogP contribution in [0.5, 0.6) is 0 Å². The van der Waals surface area contributed by atoms with Gasteiger partial charge in [0.15, 0.2) is 0 Å². The number of rotatable bonds is 2. The molecule has 102 valence electrons. The number of hydrogen-bond acceptors (Lipinski definition) is 1. The Morgan fingerprint density at radius 1 is 1.21 bits per heavy atom. The summed E-state index contributed by atoms with van der Waals surface area (Å²) in [5.74, 6) is 0.363. The molecule has 19 heavy (non-hydrogen) atoms. The maximum Gasteiger partial charge on any atom is 0.137 e. The van der Waals surface area contributed by atoms with Gasteiger partial charge in [-0.05, 0) is 24.3 Å². The van der Waals surface area contributed by atoms with Crippen LogP contribution in [0.15, 0.2) is 28.7 Å². The van der Waals surface area contributed by atoms with Gasteiger partial charge in [-0.2, -0.15) is 5.10 Å². The highest BCUT2D eigenvalue weighted by molar-refractivity contribution is 9.10. The highest BCUT2D eigenvalue weighted by Gasteiger charge is 2.25. The maximum atomic E-state index is 6.41. The summed E-state index contributed by atoms with van der Waals surface area (Å²) in [5, 5.41) is 5.22. The molecule has 0 aliphatic rings. The van der Waals surface area contributed by atoms with Gasteiger partial charge >= 0.3 is 0 Å². The molecule has 0 fully saturated rings. The molecule has 1 aromatic carbocycles. The molecule has 0 spiro atoms. The zero-order valence-corrected chi connectivity index (χ0v) is 14.1. The van der Waals surface area contributed by atoms with Gasteiger partial charge in [-0.1, -0.05) is 48.3 Å². The van der Waals surface area contributed by atoms with Gasteiger partial charge in [-0.15, -0.1) is 11.6 Å². The van der Waals surface area contributed by atoms with E-state index in [9.17, 15) is 0 Å². The van der Waals surface area contributed by atoms with Crippen LogP contribution in [0, 0.1) is 0 Å². The van der Waals surface area contributed by atoms with Crippen molar-refractivity contribution in [1.82, 2.24) is 9.78 Å². The van der Waals surface area contributed by atoms with Crippen molar-refractivity contribution in [2.75, 3.05) is 0 Å². The predicted molar refractivity (Wildman–Crippen MR) is 84.5 cm³/mol. The lowest BCUT2D eigenvalue weighted by atomic mass is 9.90. The van der Waals surface area contributed by atoms with Crippen molar-refractivity contribution in [3.63, 3.8) is 0 Å². The third-order valence-electron chi connectivity index (χ3n) is 2.84. The van der Waals surface area contributed by atoms with E-state index in [1.165, 1.54) is 0 Å². The number of benzene rings is 1. The first kappa shape index (κ1) is 14.9. The van der Waals surface area contributed by atoms with E-state index in [4.69, 9.17) is 23.2 Å². The summed E-state index contributed by atoms with van der Waals surface area (Å²) in [6, 6.07) is 7.86. The van der Waals surface area contributed by atoms with E-state index in [1.54, 1.807) is 4.68 Å². The predicted octanol–water partition coefficient (Wildman–Crippen LogP) is 5.32. The lowest BCUT2D eigenvalue weighted by molar-refractivity contribution is 0.556. The van der Waals surface area contributed by atoms with Crippen molar-refractivity contribution >= 4 is 39.1 Å². The minimum Gasteiger partial charge on any atom is -0.222 e. The first-order valence-electron chi connectivity index (χ1n) is 5.94. The molecule has 0 atom stereocenters. The van der Waals surface area contributed by atoms with Crippen LogP contribution < -0.4 is 0 Å². The first-order valence-corrected chi connectivity index (χ1v) is 7.65. The molecule has 2 rings (SSSR count). The van der Waals surface area contributed by atoms with Gasteiger partial charge in [0.1, 0.15) is 5.15 Å². The quantitative estimate of drug-likeness (QED) is 0.661. The number of alkyl halides is 1. The second-order valence-electron chi connectivity index (χ2n) is 5.39. The second kappa shape index (κ2) is 5.47. The molecule has 1 aromatic heterocycles. The molecule has 0 aliphatic carbocycles. The van der Waals surface area contributed by atoms with E-state index in [1.807, 2.05) is 24.3 Å². The van der Waals surface area contributed by atoms with Crippen molar-refractivity contribution in [2.45, 2.75) is 32.1 Å². The average molecular weight is 362 g/mol. The standard InChI is InChI=1S/C14H15BrCl2N2/c1-14(2,3)12-11(8-16)13(17)19(18-12)10-6-4-9(15)5-7-10/h4-7H,8H2,1-3H3. The van der Waals surface area contributed by atoms with Crippen LogP contribution >= 0.6 is 39.1 Å². The largest absolute Gasteiger partial charge is 0.222 e. The zero-order chi connectivity index (χ0) is 14.2. The smallest absolute Gasteiger partial charge is 0.137 e. The number of nitrogens with zero attached hydrogens (tertiary/aromatic N) is 2. The van der Waals surface area contributed by atoms with Crippen LogP contribution in [0.3, 0.4) is 0 Å². The minimum absolute atomic E-state index is 0.0888. The molecule has 0 bridgehead atoms. The van der Waals surface area contributed by atoms with Crippen LogP contribution in [0.25, 0.3) is 5.69 Å². The van der Waals surface area contributed by atoms with Crippen molar-refractivity contribution in [3.8, 4) is 5.69 Å². The molecular weight excluding hydrogens is 347 g/mol. The van der Waals surface area contributed by atoms with Crippen LogP contribution in [0.2, 0.25) is 5.15 Å². The van der Waals surface area contributed by atoms with E-state index >= 15 is 0 Å². The summed E-state index contributed by atoms with van der Waals surface area (Å²) in [6.07, 6.45) is 0. The lowest BCUT2D eigenvalue weighted by Gasteiger charge is -2.16. The summed E-state index contributed by atoms with van der Waals surface area (Å²) < 4.78 is 2.76. The van der Waals surface area contributed by atoms with Gasteiger partial charge in [0.05, 0.1) is 17.3 Å². The van der Waals surface area contributed by atoms with Gasteiger partial charge in [-0.25, -0.2) is 4.68 Å². The van der Waals surface area contributed by atoms with Crippen molar-refractivity contribution in [1.29, 1.82) is 0 Å². The summed E-state index contributed by atoms with van der Waals surface area (Å²) in [4.78, 5) is 0. The molecule has 0 radical (unpaired) electrons. The Balaban J connectivity index is 2.59. The summed E-state index contributed by atoms with van der Waals surface area (Å²) in [5.41, 5.74) is 2.68. The Morgan fingerprint density at radius 3 is 2.21 bits per heavy atom. The summed E-state index contributed by atoms with van der Waals surface area (Å²) in [6.45, 7) is 6.31. The van der Waals surface area contributed by atoms with E-state index in [0.29, 0.717) is 11.0 Å². The fraction of sp³-hybridized carbons (Fsp3) is 0.357. The summed E-state index contributed by atoms with van der Waals surface area (Å²) >= 11 is 15.9. The topological polar surface area (TPSA) is 17.8 Å². The van der Waals surface area contributed by atoms with E-state index in [-0.39, 0.29) is 5.41 Å². The second-order valence-corrected chi connectivity index (χ2v) is 6.93. The third kappa shape index (κ3) is 2.99. The fourth-order valence-corrected chi connectivity index (χ4v) is 2.78. The molecule has 0 amide bonds. The van der Waals surface area contributed by atoms with Crippen LogP contribution in [0.4, 0.5) is 0 Å². The molecule has 0 saturated carbocycles. The van der Waals surface area contributed by atoms with Crippen LogP contribution in [-0.4, -0.2) is 9.78 Å². The van der Waals surface area contributed by atoms with Gasteiger partial charge in [-0.3, -0.25) is 0 Å². The normalized spacial score (nSPS) is 11.9. The SMILES string of the molecule is CC(C)(C)c1nn(-c2ccc(Br)cc2)c(Cl)c1CCl. The Morgan fingerprint density at radius 2 is 1.79 bits per heavy atom. The van der Waals surface area contributed by atoms with Gasteiger partial charge in [0.25, 0.3) is 0 Å². The van der Waals surface area contributed by atoms with Gasteiger partial charge in [0, 0.05) is 15.5 Å². The van der Waals surface area contributed by atoms with E-state index in [0.717, 1.165) is 21.4 Å². The zero-order valence-electron chi connectivity index (χ0n) is 11.0.